The van der Waals surface area contributed by atoms with E-state index in [9.17, 15) is 18.4 Å². The van der Waals surface area contributed by atoms with Crippen LogP contribution in [0.25, 0.3) is 11.0 Å². The summed E-state index contributed by atoms with van der Waals surface area (Å²) in [6, 6.07) is 2.36. The predicted molar refractivity (Wildman–Crippen MR) is 122 cm³/mol. The number of imidazole rings is 1. The van der Waals surface area contributed by atoms with Gasteiger partial charge in [0.2, 0.25) is 11.9 Å². The van der Waals surface area contributed by atoms with Crippen LogP contribution in [-0.2, 0) is 21.3 Å². The zero-order valence-corrected chi connectivity index (χ0v) is 20.0. The first-order chi connectivity index (χ1) is 16.2. The fourth-order valence-corrected chi connectivity index (χ4v) is 3.48. The highest BCUT2D eigenvalue weighted by Gasteiger charge is 2.27. The van der Waals surface area contributed by atoms with E-state index in [1.54, 1.807) is 13.1 Å². The van der Waals surface area contributed by atoms with Gasteiger partial charge in [0.15, 0.2) is 18.4 Å². The SMILES string of the molecule is CCCCC(C)CC(=O)N(COC(=O)OCCCNC)c1nc2c(F)cc(C#N)c(F)c2n1C. The van der Waals surface area contributed by atoms with Crippen LogP contribution in [0.3, 0.4) is 0 Å². The van der Waals surface area contributed by atoms with E-state index < -0.39 is 36.0 Å². The van der Waals surface area contributed by atoms with Crippen LogP contribution in [0, 0.1) is 28.9 Å². The lowest BCUT2D eigenvalue weighted by Crippen LogP contribution is -2.37. The van der Waals surface area contributed by atoms with E-state index >= 15 is 0 Å². The molecule has 1 aromatic carbocycles. The minimum absolute atomic E-state index is 0.0387. The number of hydrogen-bond acceptors (Lipinski definition) is 7. The van der Waals surface area contributed by atoms with Crippen LogP contribution in [0.1, 0.15) is 51.5 Å². The average molecular weight is 480 g/mol. The van der Waals surface area contributed by atoms with Crippen molar-refractivity contribution in [1.29, 1.82) is 5.26 Å². The molecule has 11 heteroatoms. The lowest BCUT2D eigenvalue weighted by atomic mass is 10.0. The van der Waals surface area contributed by atoms with E-state index in [-0.39, 0.29) is 35.9 Å². The van der Waals surface area contributed by atoms with E-state index in [1.165, 1.54) is 11.6 Å². The first kappa shape index (κ1) is 27.0. The molecule has 0 aliphatic carbocycles. The highest BCUT2D eigenvalue weighted by atomic mass is 19.1. The number of unbranched alkanes of at least 4 members (excludes halogenated alkanes) is 1. The highest BCUT2D eigenvalue weighted by Crippen LogP contribution is 2.29. The molecule has 1 N–H and O–H groups in total. The average Bonchev–Trinajstić information content (AvgIpc) is 3.15. The number of rotatable bonds is 12. The molecule has 2 aromatic rings. The molecule has 9 nitrogen and oxygen atoms in total. The number of halogens is 2. The van der Waals surface area contributed by atoms with Gasteiger partial charge in [-0.25, -0.2) is 23.5 Å². The fourth-order valence-electron chi connectivity index (χ4n) is 3.48. The molecule has 0 aliphatic rings. The molecule has 1 unspecified atom stereocenters. The van der Waals surface area contributed by atoms with Crippen LogP contribution in [0.15, 0.2) is 6.07 Å². The number of anilines is 1. The molecule has 0 saturated heterocycles. The second-order valence-electron chi connectivity index (χ2n) is 8.10. The molecule has 2 rings (SSSR count). The Morgan fingerprint density at radius 2 is 2.06 bits per heavy atom. The van der Waals surface area contributed by atoms with Crippen molar-refractivity contribution in [3.8, 4) is 6.07 Å². The Kier molecular flexibility index (Phi) is 10.2. The third-order valence-corrected chi connectivity index (χ3v) is 5.35. The van der Waals surface area contributed by atoms with Gasteiger partial charge in [-0.1, -0.05) is 33.1 Å². The number of aryl methyl sites for hydroxylation is 1. The second kappa shape index (κ2) is 12.8. The van der Waals surface area contributed by atoms with E-state index in [2.05, 4.69) is 17.2 Å². The van der Waals surface area contributed by atoms with Gasteiger partial charge in [-0.3, -0.25) is 4.79 Å². The number of benzene rings is 1. The van der Waals surface area contributed by atoms with Crippen molar-refractivity contribution in [3.05, 3.63) is 23.3 Å². The van der Waals surface area contributed by atoms with E-state index in [4.69, 9.17) is 14.7 Å². The number of ether oxygens (including phenoxy) is 2. The Hall–Kier alpha value is -3.26. The first-order valence-electron chi connectivity index (χ1n) is 11.2. The maximum absolute atomic E-state index is 14.8. The highest BCUT2D eigenvalue weighted by molar-refractivity contribution is 5.94. The summed E-state index contributed by atoms with van der Waals surface area (Å²) in [5.41, 5.74) is -1.08. The van der Waals surface area contributed by atoms with Crippen molar-refractivity contribution in [2.24, 2.45) is 13.0 Å². The van der Waals surface area contributed by atoms with Gasteiger partial charge in [0.1, 0.15) is 17.1 Å². The smallest absolute Gasteiger partial charge is 0.434 e. The van der Waals surface area contributed by atoms with Crippen molar-refractivity contribution < 1.29 is 27.8 Å². The number of hydrogen-bond donors (Lipinski definition) is 1. The van der Waals surface area contributed by atoms with Crippen molar-refractivity contribution >= 4 is 29.0 Å². The summed E-state index contributed by atoms with van der Waals surface area (Å²) in [4.78, 5) is 30.3. The Labute approximate surface area is 197 Å². The van der Waals surface area contributed by atoms with Crippen LogP contribution < -0.4 is 10.2 Å². The Morgan fingerprint density at radius 3 is 2.71 bits per heavy atom. The monoisotopic (exact) mass is 479 g/mol. The van der Waals surface area contributed by atoms with Crippen LogP contribution in [0.5, 0.6) is 0 Å². The lowest BCUT2D eigenvalue weighted by Gasteiger charge is -2.23. The number of nitrogens with one attached hydrogen (secondary N) is 1. The number of aromatic nitrogens is 2. The summed E-state index contributed by atoms with van der Waals surface area (Å²) >= 11 is 0. The molecule has 1 aromatic heterocycles. The number of carbonyl (C=O) groups excluding carboxylic acids is 2. The molecule has 0 saturated carbocycles. The van der Waals surface area contributed by atoms with Crippen LogP contribution in [0.4, 0.5) is 19.5 Å². The van der Waals surface area contributed by atoms with Gasteiger partial charge in [0, 0.05) is 13.5 Å². The summed E-state index contributed by atoms with van der Waals surface area (Å²) in [6.07, 6.45) is 2.47. The summed E-state index contributed by atoms with van der Waals surface area (Å²) in [5.74, 6) is -2.35. The molecular weight excluding hydrogens is 448 g/mol. The van der Waals surface area contributed by atoms with Gasteiger partial charge < -0.3 is 19.4 Å². The van der Waals surface area contributed by atoms with Crippen LogP contribution in [-0.4, -0.2) is 48.5 Å². The maximum Gasteiger partial charge on any atom is 0.510 e. The van der Waals surface area contributed by atoms with Crippen molar-refractivity contribution in [2.75, 3.05) is 31.8 Å². The van der Waals surface area contributed by atoms with E-state index in [0.29, 0.717) is 13.0 Å². The molecule has 34 heavy (non-hydrogen) atoms. The summed E-state index contributed by atoms with van der Waals surface area (Å²) < 4.78 is 40.6. The summed E-state index contributed by atoms with van der Waals surface area (Å²) in [7, 11) is 3.16. The minimum atomic E-state index is -0.976. The Morgan fingerprint density at radius 1 is 1.32 bits per heavy atom. The molecule has 0 fully saturated rings. The molecule has 0 bridgehead atoms. The Bertz CT molecular complexity index is 1050. The molecule has 1 atom stereocenters. The molecule has 1 amide bonds. The van der Waals surface area contributed by atoms with Gasteiger partial charge in [-0.15, -0.1) is 0 Å². The van der Waals surface area contributed by atoms with Crippen molar-refractivity contribution in [1.82, 2.24) is 14.9 Å². The molecule has 0 aliphatic heterocycles. The van der Waals surface area contributed by atoms with Crippen LogP contribution in [0.2, 0.25) is 0 Å². The van der Waals surface area contributed by atoms with Gasteiger partial charge >= 0.3 is 6.16 Å². The standard InChI is InChI=1S/C23H31F2N5O4/c1-5-6-8-15(2)11-18(31)30(14-34-23(32)33-10-7-9-27-3)22-28-20-17(24)12-16(13-26)19(25)21(20)29(22)4/h12,15,27H,5-11,14H2,1-4H3. The van der Waals surface area contributed by atoms with Gasteiger partial charge in [0.25, 0.3) is 0 Å². The topological polar surface area (TPSA) is 109 Å². The van der Waals surface area contributed by atoms with Gasteiger partial charge in [-0.05, 0) is 32.0 Å². The first-order valence-corrected chi connectivity index (χ1v) is 11.2. The van der Waals surface area contributed by atoms with Gasteiger partial charge in [-0.2, -0.15) is 5.26 Å². The van der Waals surface area contributed by atoms with E-state index in [1.807, 2.05) is 6.92 Å². The predicted octanol–water partition coefficient (Wildman–Crippen LogP) is 3.99. The molecule has 0 radical (unpaired) electrons. The zero-order chi connectivity index (χ0) is 25.3. The van der Waals surface area contributed by atoms with Gasteiger partial charge in [0.05, 0.1) is 12.2 Å². The number of fused-ring (bicyclic) bond motifs is 1. The normalized spacial score (nSPS) is 11.8. The zero-order valence-electron chi connectivity index (χ0n) is 20.0. The lowest BCUT2D eigenvalue weighted by molar-refractivity contribution is -0.120. The number of amides is 1. The summed E-state index contributed by atoms with van der Waals surface area (Å²) in [6.45, 7) is 4.21. The Balaban J connectivity index is 2.34. The third-order valence-electron chi connectivity index (χ3n) is 5.35. The minimum Gasteiger partial charge on any atom is -0.434 e. The van der Waals surface area contributed by atoms with E-state index in [0.717, 1.165) is 30.2 Å². The number of nitrogens with zero attached hydrogens (tertiary/aromatic N) is 4. The quantitative estimate of drug-likeness (QED) is 0.278. The molecule has 186 valence electrons. The largest absolute Gasteiger partial charge is 0.510 e. The molecule has 0 spiro atoms. The summed E-state index contributed by atoms with van der Waals surface area (Å²) in [5, 5.41) is 12.0. The maximum atomic E-state index is 14.8. The van der Waals surface area contributed by atoms with Crippen molar-refractivity contribution in [2.45, 2.75) is 46.0 Å². The molecular formula is C23H31F2N5O4. The number of nitriles is 1. The van der Waals surface area contributed by atoms with Crippen molar-refractivity contribution in [3.63, 3.8) is 0 Å². The van der Waals surface area contributed by atoms with Crippen LogP contribution >= 0.6 is 0 Å². The third kappa shape index (κ3) is 6.63. The second-order valence-corrected chi connectivity index (χ2v) is 8.10. The number of carbonyl (C=O) groups is 2. The fraction of sp³-hybridized carbons (Fsp3) is 0.565. The molecule has 1 heterocycles.